The SMILES string of the molecule is CC1(C)CN(C(=O)c2cnc3ccccc3n2)CCC1N.Cl.Cl. The maximum Gasteiger partial charge on any atom is 0.274 e. The highest BCUT2D eigenvalue weighted by atomic mass is 35.5. The van der Waals surface area contributed by atoms with E-state index in [2.05, 4.69) is 23.8 Å². The van der Waals surface area contributed by atoms with Gasteiger partial charge in [0.1, 0.15) is 5.69 Å². The van der Waals surface area contributed by atoms with Crippen LogP contribution in [0.1, 0.15) is 30.8 Å². The lowest BCUT2D eigenvalue weighted by molar-refractivity contribution is 0.0527. The summed E-state index contributed by atoms with van der Waals surface area (Å²) in [6, 6.07) is 7.69. The minimum Gasteiger partial charge on any atom is -0.337 e. The molecule has 1 aromatic heterocycles. The number of piperidine rings is 1. The number of benzene rings is 1. The molecule has 1 amide bonds. The van der Waals surface area contributed by atoms with Crippen molar-refractivity contribution in [1.82, 2.24) is 14.9 Å². The molecule has 1 aromatic carbocycles. The molecular formula is C16H22Cl2N4O. The van der Waals surface area contributed by atoms with Crippen molar-refractivity contribution < 1.29 is 4.79 Å². The fourth-order valence-corrected chi connectivity index (χ4v) is 2.77. The zero-order valence-electron chi connectivity index (χ0n) is 13.2. The van der Waals surface area contributed by atoms with Crippen LogP contribution in [-0.4, -0.2) is 39.9 Å². The van der Waals surface area contributed by atoms with E-state index >= 15 is 0 Å². The Kier molecular flexibility index (Phi) is 6.33. The molecule has 0 bridgehead atoms. The quantitative estimate of drug-likeness (QED) is 0.852. The lowest BCUT2D eigenvalue weighted by Crippen LogP contribution is -2.54. The van der Waals surface area contributed by atoms with Crippen molar-refractivity contribution in [1.29, 1.82) is 0 Å². The Balaban J connectivity index is 0.00000132. The van der Waals surface area contributed by atoms with E-state index in [-0.39, 0.29) is 42.2 Å². The Morgan fingerprint density at radius 1 is 1.26 bits per heavy atom. The molecule has 0 saturated carbocycles. The minimum absolute atomic E-state index is 0. The molecule has 1 atom stereocenters. The third-order valence-electron chi connectivity index (χ3n) is 4.27. The van der Waals surface area contributed by atoms with E-state index in [4.69, 9.17) is 5.73 Å². The van der Waals surface area contributed by atoms with Gasteiger partial charge in [-0.15, -0.1) is 24.8 Å². The number of fused-ring (bicyclic) bond motifs is 1. The first-order chi connectivity index (χ1) is 9.97. The van der Waals surface area contributed by atoms with Crippen LogP contribution < -0.4 is 5.73 Å². The molecular weight excluding hydrogens is 335 g/mol. The number of hydrogen-bond donors (Lipinski definition) is 1. The van der Waals surface area contributed by atoms with Crippen LogP contribution in [0.25, 0.3) is 11.0 Å². The standard InChI is InChI=1S/C16H20N4O.2ClH/c1-16(2)10-20(8-7-14(16)17)15(21)13-9-18-11-5-3-4-6-12(11)19-13;;/h3-6,9,14H,7-8,10,17H2,1-2H3;2*1H. The van der Waals surface area contributed by atoms with Crippen LogP contribution in [-0.2, 0) is 0 Å². The summed E-state index contributed by atoms with van der Waals surface area (Å²) in [5.41, 5.74) is 8.00. The van der Waals surface area contributed by atoms with Crippen LogP contribution in [0, 0.1) is 5.41 Å². The summed E-state index contributed by atoms with van der Waals surface area (Å²) in [6.07, 6.45) is 2.38. The number of amides is 1. The van der Waals surface area contributed by atoms with Gasteiger partial charge in [0, 0.05) is 19.1 Å². The second-order valence-corrected chi connectivity index (χ2v) is 6.35. The Hall–Kier alpha value is -1.43. The van der Waals surface area contributed by atoms with Crippen molar-refractivity contribution in [3.05, 3.63) is 36.2 Å². The van der Waals surface area contributed by atoms with E-state index in [0.29, 0.717) is 18.8 Å². The normalized spacial score (nSPS) is 19.6. The monoisotopic (exact) mass is 356 g/mol. The molecule has 0 spiro atoms. The van der Waals surface area contributed by atoms with E-state index in [0.717, 1.165) is 17.5 Å². The molecule has 1 aliphatic heterocycles. The number of halogens is 2. The van der Waals surface area contributed by atoms with Crippen molar-refractivity contribution in [2.45, 2.75) is 26.3 Å². The van der Waals surface area contributed by atoms with Crippen LogP contribution in [0.4, 0.5) is 0 Å². The van der Waals surface area contributed by atoms with Gasteiger partial charge in [0.25, 0.3) is 5.91 Å². The van der Waals surface area contributed by atoms with E-state index in [1.54, 1.807) is 6.20 Å². The van der Waals surface area contributed by atoms with E-state index in [1.165, 1.54) is 0 Å². The van der Waals surface area contributed by atoms with Gasteiger partial charge in [-0.25, -0.2) is 4.98 Å². The van der Waals surface area contributed by atoms with E-state index in [9.17, 15) is 4.79 Å². The van der Waals surface area contributed by atoms with Crippen molar-refractivity contribution >= 4 is 41.8 Å². The average molecular weight is 357 g/mol. The zero-order valence-corrected chi connectivity index (χ0v) is 14.9. The first kappa shape index (κ1) is 19.6. The zero-order chi connectivity index (χ0) is 15.0. The van der Waals surface area contributed by atoms with Gasteiger partial charge in [-0.3, -0.25) is 9.78 Å². The topological polar surface area (TPSA) is 72.1 Å². The molecule has 2 N–H and O–H groups in total. The molecule has 1 fully saturated rings. The number of para-hydroxylation sites is 2. The molecule has 23 heavy (non-hydrogen) atoms. The molecule has 2 aromatic rings. The van der Waals surface area contributed by atoms with Gasteiger partial charge in [0.05, 0.1) is 17.2 Å². The fraction of sp³-hybridized carbons (Fsp3) is 0.438. The van der Waals surface area contributed by atoms with E-state index < -0.39 is 0 Å². The third-order valence-corrected chi connectivity index (χ3v) is 4.27. The molecule has 126 valence electrons. The number of nitrogens with zero attached hydrogens (tertiary/aromatic N) is 3. The summed E-state index contributed by atoms with van der Waals surface area (Å²) in [5, 5.41) is 0. The maximum atomic E-state index is 12.6. The summed E-state index contributed by atoms with van der Waals surface area (Å²) in [4.78, 5) is 23.2. The first-order valence-corrected chi connectivity index (χ1v) is 7.24. The largest absolute Gasteiger partial charge is 0.337 e. The van der Waals surface area contributed by atoms with Gasteiger partial charge in [-0.1, -0.05) is 26.0 Å². The molecule has 3 rings (SSSR count). The minimum atomic E-state index is -0.0712. The predicted octanol–water partition coefficient (Wildman–Crippen LogP) is 2.67. The second-order valence-electron chi connectivity index (χ2n) is 6.35. The molecule has 0 aliphatic carbocycles. The number of hydrogen-bond acceptors (Lipinski definition) is 4. The smallest absolute Gasteiger partial charge is 0.274 e. The number of aromatic nitrogens is 2. The number of likely N-dealkylation sites (tertiary alicyclic amines) is 1. The van der Waals surface area contributed by atoms with Gasteiger partial charge in [0.15, 0.2) is 0 Å². The number of carbonyl (C=O) groups excluding carboxylic acids is 1. The fourth-order valence-electron chi connectivity index (χ4n) is 2.77. The first-order valence-electron chi connectivity index (χ1n) is 7.24. The Morgan fingerprint density at radius 2 is 1.91 bits per heavy atom. The van der Waals surface area contributed by atoms with Gasteiger partial charge in [0.2, 0.25) is 0 Å². The molecule has 2 heterocycles. The lowest BCUT2D eigenvalue weighted by atomic mass is 9.79. The molecule has 1 aliphatic rings. The number of carbonyl (C=O) groups is 1. The van der Waals surface area contributed by atoms with Crippen molar-refractivity contribution in [2.24, 2.45) is 11.1 Å². The predicted molar refractivity (Wildman–Crippen MR) is 96.3 cm³/mol. The van der Waals surface area contributed by atoms with Crippen molar-refractivity contribution in [3.8, 4) is 0 Å². The van der Waals surface area contributed by atoms with Gasteiger partial charge >= 0.3 is 0 Å². The summed E-state index contributed by atoms with van der Waals surface area (Å²) in [5.74, 6) is -0.0618. The average Bonchev–Trinajstić information content (AvgIpc) is 2.48. The van der Waals surface area contributed by atoms with Crippen LogP contribution in [0.2, 0.25) is 0 Å². The van der Waals surface area contributed by atoms with Crippen molar-refractivity contribution in [2.75, 3.05) is 13.1 Å². The Labute approximate surface area is 148 Å². The van der Waals surface area contributed by atoms with E-state index in [1.807, 2.05) is 29.2 Å². The Bertz CT molecular complexity index is 693. The maximum absolute atomic E-state index is 12.6. The summed E-state index contributed by atoms with van der Waals surface area (Å²) in [7, 11) is 0. The second kappa shape index (κ2) is 7.43. The number of nitrogens with two attached hydrogens (primary N) is 1. The summed E-state index contributed by atoms with van der Waals surface area (Å²) >= 11 is 0. The lowest BCUT2D eigenvalue weighted by Gasteiger charge is -2.42. The van der Waals surface area contributed by atoms with Crippen LogP contribution in [0.5, 0.6) is 0 Å². The Morgan fingerprint density at radius 3 is 2.57 bits per heavy atom. The highest BCUT2D eigenvalue weighted by Gasteiger charge is 2.35. The number of rotatable bonds is 1. The van der Waals surface area contributed by atoms with Crippen molar-refractivity contribution in [3.63, 3.8) is 0 Å². The third kappa shape index (κ3) is 3.91. The molecule has 7 heteroatoms. The summed E-state index contributed by atoms with van der Waals surface area (Å²) in [6.45, 7) is 5.53. The molecule has 1 saturated heterocycles. The van der Waals surface area contributed by atoms with Gasteiger partial charge in [-0.2, -0.15) is 0 Å². The van der Waals surface area contributed by atoms with Gasteiger partial charge < -0.3 is 10.6 Å². The van der Waals surface area contributed by atoms with Gasteiger partial charge in [-0.05, 0) is 24.0 Å². The molecule has 0 radical (unpaired) electrons. The van der Waals surface area contributed by atoms with Crippen LogP contribution >= 0.6 is 24.8 Å². The van der Waals surface area contributed by atoms with Crippen LogP contribution in [0.15, 0.2) is 30.5 Å². The highest BCUT2D eigenvalue weighted by molar-refractivity contribution is 5.93. The molecule has 1 unspecified atom stereocenters. The van der Waals surface area contributed by atoms with Crippen LogP contribution in [0.3, 0.4) is 0 Å². The molecule has 5 nitrogen and oxygen atoms in total. The summed E-state index contributed by atoms with van der Waals surface area (Å²) < 4.78 is 0. The highest BCUT2D eigenvalue weighted by Crippen LogP contribution is 2.28.